The number of anilines is 2. The van der Waals surface area contributed by atoms with Gasteiger partial charge in [0, 0.05) is 23.3 Å². The molecule has 1 aromatic heterocycles. The Morgan fingerprint density at radius 1 is 1.16 bits per heavy atom. The van der Waals surface area contributed by atoms with E-state index in [9.17, 15) is 0 Å². The number of nitrogens with zero attached hydrogens (tertiary/aromatic N) is 1. The minimum atomic E-state index is 0.453. The molecule has 102 valence electrons. The van der Waals surface area contributed by atoms with Gasteiger partial charge in [0.25, 0.3) is 0 Å². The summed E-state index contributed by atoms with van der Waals surface area (Å²) < 4.78 is 0. The molecular weight excluding hydrogens is 234 g/mol. The molecule has 0 aliphatic rings. The van der Waals surface area contributed by atoms with Crippen LogP contribution in [-0.2, 0) is 0 Å². The molecule has 0 bridgehead atoms. The monoisotopic (exact) mass is 257 g/mol. The fourth-order valence-electron chi connectivity index (χ4n) is 2.25. The molecule has 1 atom stereocenters. The second kappa shape index (κ2) is 5.91. The summed E-state index contributed by atoms with van der Waals surface area (Å²) in [5.41, 5.74) is 8.69. The summed E-state index contributed by atoms with van der Waals surface area (Å²) in [5.74, 6) is 0.745. The lowest BCUT2D eigenvalue weighted by Gasteiger charge is -2.18. The fourth-order valence-corrected chi connectivity index (χ4v) is 2.25. The smallest absolute Gasteiger partial charge is 0.0951 e. The lowest BCUT2D eigenvalue weighted by molar-refractivity contribution is 0.528. The maximum absolute atomic E-state index is 5.96. The van der Waals surface area contributed by atoms with E-state index >= 15 is 0 Å². The number of hydrogen-bond donors (Lipinski definition) is 2. The molecule has 3 N–H and O–H groups in total. The summed E-state index contributed by atoms with van der Waals surface area (Å²) in [7, 11) is 0. The lowest BCUT2D eigenvalue weighted by atomic mass is 10.0. The normalized spacial score (nSPS) is 12.8. The highest BCUT2D eigenvalue weighted by molar-refractivity contribution is 5.97. The number of para-hydroxylation sites is 1. The Labute approximate surface area is 115 Å². The van der Waals surface area contributed by atoms with Gasteiger partial charge in [0.2, 0.25) is 0 Å². The van der Waals surface area contributed by atoms with E-state index < -0.39 is 0 Å². The van der Waals surface area contributed by atoms with Crippen molar-refractivity contribution in [2.45, 2.75) is 39.7 Å². The quantitative estimate of drug-likeness (QED) is 0.794. The molecule has 1 aromatic carbocycles. The van der Waals surface area contributed by atoms with Crippen LogP contribution in [0.3, 0.4) is 0 Å². The molecule has 0 aliphatic heterocycles. The van der Waals surface area contributed by atoms with Crippen LogP contribution in [0.1, 0.15) is 33.6 Å². The van der Waals surface area contributed by atoms with Gasteiger partial charge in [0.15, 0.2) is 0 Å². The molecule has 19 heavy (non-hydrogen) atoms. The van der Waals surface area contributed by atoms with Gasteiger partial charge in [-0.3, -0.25) is 4.98 Å². The van der Waals surface area contributed by atoms with E-state index in [1.807, 2.05) is 24.4 Å². The molecule has 0 fully saturated rings. The highest BCUT2D eigenvalue weighted by atomic mass is 14.9. The first-order valence-corrected chi connectivity index (χ1v) is 6.97. The van der Waals surface area contributed by atoms with Crippen molar-refractivity contribution in [3.8, 4) is 0 Å². The van der Waals surface area contributed by atoms with Crippen LogP contribution in [0.25, 0.3) is 10.9 Å². The Morgan fingerprint density at radius 3 is 2.68 bits per heavy atom. The van der Waals surface area contributed by atoms with Crippen LogP contribution in [0.2, 0.25) is 0 Å². The Morgan fingerprint density at radius 2 is 1.95 bits per heavy atom. The molecule has 2 aromatic rings. The third kappa shape index (κ3) is 3.37. The number of hydrogen-bond acceptors (Lipinski definition) is 3. The summed E-state index contributed by atoms with van der Waals surface area (Å²) in [6, 6.07) is 8.41. The molecular formula is C16H23N3. The number of nitrogens with one attached hydrogen (secondary N) is 1. The average molecular weight is 257 g/mol. The van der Waals surface area contributed by atoms with Crippen LogP contribution < -0.4 is 11.1 Å². The van der Waals surface area contributed by atoms with Gasteiger partial charge in [-0.15, -0.1) is 0 Å². The van der Waals surface area contributed by atoms with Gasteiger partial charge in [-0.25, -0.2) is 0 Å². The maximum Gasteiger partial charge on any atom is 0.0951 e. The first-order chi connectivity index (χ1) is 9.08. The van der Waals surface area contributed by atoms with Crippen molar-refractivity contribution >= 4 is 22.3 Å². The molecule has 1 unspecified atom stereocenters. The van der Waals surface area contributed by atoms with E-state index in [0.717, 1.165) is 28.2 Å². The van der Waals surface area contributed by atoms with E-state index in [-0.39, 0.29) is 0 Å². The zero-order valence-corrected chi connectivity index (χ0v) is 12.0. The number of pyridine rings is 1. The Kier molecular flexibility index (Phi) is 4.25. The Hall–Kier alpha value is -1.77. The molecule has 0 aliphatic carbocycles. The standard InChI is InChI=1S/C16H23N3/c1-11(2)7-8-12(3)19-15-9-10-18-16-13(15)5-4-6-14(16)17/h4-6,9-12H,7-8,17H2,1-3H3,(H,18,19). The molecule has 3 heteroatoms. The molecule has 0 spiro atoms. The number of rotatable bonds is 5. The summed E-state index contributed by atoms with van der Waals surface area (Å²) in [4.78, 5) is 4.36. The maximum atomic E-state index is 5.96. The van der Waals surface area contributed by atoms with E-state index in [0.29, 0.717) is 6.04 Å². The molecule has 2 rings (SSSR count). The molecule has 0 saturated carbocycles. The molecule has 3 nitrogen and oxygen atoms in total. The highest BCUT2D eigenvalue weighted by Crippen LogP contribution is 2.26. The Bertz CT molecular complexity index is 549. The molecule has 1 heterocycles. The van der Waals surface area contributed by atoms with Crippen molar-refractivity contribution in [2.24, 2.45) is 5.92 Å². The van der Waals surface area contributed by atoms with Crippen LogP contribution in [0.4, 0.5) is 11.4 Å². The van der Waals surface area contributed by atoms with Crippen molar-refractivity contribution in [1.82, 2.24) is 4.98 Å². The van der Waals surface area contributed by atoms with Gasteiger partial charge in [0.05, 0.1) is 11.2 Å². The van der Waals surface area contributed by atoms with Gasteiger partial charge < -0.3 is 11.1 Å². The van der Waals surface area contributed by atoms with E-state index in [1.54, 1.807) is 0 Å². The van der Waals surface area contributed by atoms with Crippen molar-refractivity contribution in [3.63, 3.8) is 0 Å². The minimum Gasteiger partial charge on any atom is -0.397 e. The predicted molar refractivity (Wildman–Crippen MR) is 83.3 cm³/mol. The second-order valence-electron chi connectivity index (χ2n) is 5.62. The van der Waals surface area contributed by atoms with Gasteiger partial charge in [-0.1, -0.05) is 26.0 Å². The number of fused-ring (bicyclic) bond motifs is 1. The number of nitrogen functional groups attached to an aromatic ring is 1. The van der Waals surface area contributed by atoms with Crippen molar-refractivity contribution in [2.75, 3.05) is 11.1 Å². The lowest BCUT2D eigenvalue weighted by Crippen LogP contribution is -2.16. The van der Waals surface area contributed by atoms with Gasteiger partial charge in [-0.05, 0) is 37.8 Å². The first kappa shape index (κ1) is 13.7. The summed E-state index contributed by atoms with van der Waals surface area (Å²) in [6.45, 7) is 6.74. The van der Waals surface area contributed by atoms with E-state index in [1.165, 1.54) is 12.8 Å². The number of benzene rings is 1. The Balaban J connectivity index is 2.19. The second-order valence-corrected chi connectivity index (χ2v) is 5.62. The fraction of sp³-hybridized carbons (Fsp3) is 0.438. The zero-order chi connectivity index (χ0) is 13.8. The average Bonchev–Trinajstić information content (AvgIpc) is 2.38. The van der Waals surface area contributed by atoms with Crippen LogP contribution in [-0.4, -0.2) is 11.0 Å². The summed E-state index contributed by atoms with van der Waals surface area (Å²) >= 11 is 0. The SMILES string of the molecule is CC(C)CCC(C)Nc1ccnc2c(N)cccc12. The number of aromatic nitrogens is 1. The van der Waals surface area contributed by atoms with Crippen molar-refractivity contribution in [3.05, 3.63) is 30.5 Å². The van der Waals surface area contributed by atoms with Crippen LogP contribution in [0.5, 0.6) is 0 Å². The van der Waals surface area contributed by atoms with Crippen LogP contribution in [0.15, 0.2) is 30.5 Å². The highest BCUT2D eigenvalue weighted by Gasteiger charge is 2.08. The van der Waals surface area contributed by atoms with Crippen molar-refractivity contribution in [1.29, 1.82) is 0 Å². The van der Waals surface area contributed by atoms with Gasteiger partial charge >= 0.3 is 0 Å². The van der Waals surface area contributed by atoms with Gasteiger partial charge in [-0.2, -0.15) is 0 Å². The predicted octanol–water partition coefficient (Wildman–Crippen LogP) is 4.05. The first-order valence-electron chi connectivity index (χ1n) is 6.97. The molecule has 0 saturated heterocycles. The third-order valence-electron chi connectivity index (χ3n) is 3.38. The van der Waals surface area contributed by atoms with Crippen molar-refractivity contribution < 1.29 is 0 Å². The summed E-state index contributed by atoms with van der Waals surface area (Å²) in [6.07, 6.45) is 4.22. The third-order valence-corrected chi connectivity index (χ3v) is 3.38. The largest absolute Gasteiger partial charge is 0.397 e. The van der Waals surface area contributed by atoms with Gasteiger partial charge in [0.1, 0.15) is 0 Å². The number of nitrogens with two attached hydrogens (primary N) is 1. The van der Waals surface area contributed by atoms with Crippen LogP contribution in [0, 0.1) is 5.92 Å². The van der Waals surface area contributed by atoms with E-state index in [2.05, 4.69) is 37.1 Å². The molecule has 0 amide bonds. The van der Waals surface area contributed by atoms with E-state index in [4.69, 9.17) is 5.73 Å². The molecule has 0 radical (unpaired) electrons. The minimum absolute atomic E-state index is 0.453. The zero-order valence-electron chi connectivity index (χ0n) is 12.0. The van der Waals surface area contributed by atoms with Crippen LogP contribution >= 0.6 is 0 Å². The summed E-state index contributed by atoms with van der Waals surface area (Å²) in [5, 5.41) is 4.67. The topological polar surface area (TPSA) is 50.9 Å².